The zero-order valence-electron chi connectivity index (χ0n) is 18.8. The van der Waals surface area contributed by atoms with Gasteiger partial charge in [-0.15, -0.1) is 0 Å². The minimum atomic E-state index is -0.589. The number of carbonyl (C=O) groups is 3. The van der Waals surface area contributed by atoms with Crippen molar-refractivity contribution < 1.29 is 23.9 Å². The molecular formula is C24H34N2O5. The second-order valence-corrected chi connectivity index (χ2v) is 9.48. The van der Waals surface area contributed by atoms with Gasteiger partial charge in [-0.25, -0.2) is 4.79 Å². The van der Waals surface area contributed by atoms with E-state index in [1.165, 1.54) is 4.90 Å². The molecular weight excluding hydrogens is 396 g/mol. The smallest absolute Gasteiger partial charge is 0.410 e. The fourth-order valence-corrected chi connectivity index (χ4v) is 4.20. The number of nitrogens with one attached hydrogen (secondary N) is 1. The van der Waals surface area contributed by atoms with Crippen molar-refractivity contribution in [1.82, 2.24) is 10.2 Å². The molecule has 7 heteroatoms. The van der Waals surface area contributed by atoms with E-state index in [-0.39, 0.29) is 23.8 Å². The summed E-state index contributed by atoms with van der Waals surface area (Å²) in [5, 5.41) is 3.09. The highest BCUT2D eigenvalue weighted by Crippen LogP contribution is 2.27. The number of hydrogen-bond donors (Lipinski definition) is 1. The van der Waals surface area contributed by atoms with Crippen LogP contribution in [-0.4, -0.2) is 47.1 Å². The Morgan fingerprint density at radius 1 is 1.03 bits per heavy atom. The van der Waals surface area contributed by atoms with Gasteiger partial charge in [0.2, 0.25) is 5.91 Å². The highest BCUT2D eigenvalue weighted by Gasteiger charge is 2.38. The average Bonchev–Trinajstić information content (AvgIpc) is 3.22. The third kappa shape index (κ3) is 6.71. The van der Waals surface area contributed by atoms with Gasteiger partial charge in [0.25, 0.3) is 0 Å². The first-order valence-electron chi connectivity index (χ1n) is 11.2. The number of benzene rings is 1. The summed E-state index contributed by atoms with van der Waals surface area (Å²) in [5.41, 5.74) is 0.386. The van der Waals surface area contributed by atoms with E-state index in [4.69, 9.17) is 9.47 Å². The minimum absolute atomic E-state index is 0.0201. The molecule has 1 aliphatic heterocycles. The zero-order chi connectivity index (χ0) is 22.4. The summed E-state index contributed by atoms with van der Waals surface area (Å²) in [7, 11) is 0. The number of carbonyl (C=O) groups excluding carboxylic acids is 3. The fraction of sp³-hybridized carbons (Fsp3) is 0.625. The lowest BCUT2D eigenvalue weighted by molar-refractivity contribution is -0.151. The molecule has 0 bridgehead atoms. The van der Waals surface area contributed by atoms with Crippen LogP contribution in [0.2, 0.25) is 0 Å². The van der Waals surface area contributed by atoms with Gasteiger partial charge < -0.3 is 14.8 Å². The van der Waals surface area contributed by atoms with E-state index in [1.807, 2.05) is 51.1 Å². The van der Waals surface area contributed by atoms with Gasteiger partial charge in [-0.05, 0) is 64.9 Å². The predicted octanol–water partition coefficient (Wildman–Crippen LogP) is 3.80. The van der Waals surface area contributed by atoms with Gasteiger partial charge in [-0.1, -0.05) is 30.3 Å². The van der Waals surface area contributed by atoms with Crippen molar-refractivity contribution in [2.75, 3.05) is 6.54 Å². The molecule has 1 N–H and O–H groups in total. The van der Waals surface area contributed by atoms with E-state index in [0.29, 0.717) is 32.4 Å². The summed E-state index contributed by atoms with van der Waals surface area (Å²) in [5.74, 6) is -0.416. The molecule has 3 rings (SSSR count). The summed E-state index contributed by atoms with van der Waals surface area (Å²) in [6.07, 6.45) is 3.85. The van der Waals surface area contributed by atoms with Crippen molar-refractivity contribution in [2.45, 2.75) is 83.6 Å². The third-order valence-corrected chi connectivity index (χ3v) is 5.81. The lowest BCUT2D eigenvalue weighted by Gasteiger charge is -2.31. The van der Waals surface area contributed by atoms with Crippen LogP contribution in [0.15, 0.2) is 30.3 Å². The van der Waals surface area contributed by atoms with Crippen molar-refractivity contribution in [3.05, 3.63) is 35.9 Å². The van der Waals surface area contributed by atoms with Crippen LogP contribution in [0.3, 0.4) is 0 Å². The molecule has 1 saturated heterocycles. The monoisotopic (exact) mass is 430 g/mol. The molecule has 0 spiro atoms. The summed E-state index contributed by atoms with van der Waals surface area (Å²) in [4.78, 5) is 39.1. The Labute approximate surface area is 184 Å². The van der Waals surface area contributed by atoms with Gasteiger partial charge in [-0.2, -0.15) is 0 Å². The maximum absolute atomic E-state index is 12.8. The highest BCUT2D eigenvalue weighted by atomic mass is 16.6. The van der Waals surface area contributed by atoms with Crippen LogP contribution in [0.4, 0.5) is 4.79 Å². The zero-order valence-corrected chi connectivity index (χ0v) is 18.8. The second kappa shape index (κ2) is 10.2. The fourth-order valence-electron chi connectivity index (χ4n) is 4.20. The number of hydrogen-bond acceptors (Lipinski definition) is 5. The number of ether oxygens (including phenoxy) is 2. The standard InChI is InChI=1S/C24H34N2O5/c1-24(2,3)31-23(29)26-15-7-10-20(26)21(27)25-19-13-11-18(12-14-19)22(28)30-16-17-8-5-4-6-9-17/h4-6,8-9,18-20H,7,10-16H2,1-3H3,(H,25,27)/t18-,19+,20?. The number of amides is 2. The van der Waals surface area contributed by atoms with Gasteiger partial charge in [0.15, 0.2) is 0 Å². The van der Waals surface area contributed by atoms with E-state index in [1.54, 1.807) is 0 Å². The van der Waals surface area contributed by atoms with Crippen molar-refractivity contribution in [2.24, 2.45) is 5.92 Å². The molecule has 7 nitrogen and oxygen atoms in total. The van der Waals surface area contributed by atoms with Crippen LogP contribution >= 0.6 is 0 Å². The maximum Gasteiger partial charge on any atom is 0.410 e. The van der Waals surface area contributed by atoms with Gasteiger partial charge in [0.05, 0.1) is 5.92 Å². The minimum Gasteiger partial charge on any atom is -0.461 e. The van der Waals surface area contributed by atoms with Crippen LogP contribution in [0.1, 0.15) is 64.9 Å². The molecule has 0 radical (unpaired) electrons. The van der Waals surface area contributed by atoms with E-state index in [0.717, 1.165) is 24.8 Å². The first-order valence-corrected chi connectivity index (χ1v) is 11.2. The van der Waals surface area contributed by atoms with E-state index in [9.17, 15) is 14.4 Å². The van der Waals surface area contributed by atoms with Gasteiger partial charge >= 0.3 is 12.1 Å². The third-order valence-electron chi connectivity index (χ3n) is 5.81. The van der Waals surface area contributed by atoms with Crippen molar-refractivity contribution in [3.63, 3.8) is 0 Å². The average molecular weight is 431 g/mol. The number of nitrogens with zero attached hydrogens (tertiary/aromatic N) is 1. The van der Waals surface area contributed by atoms with Gasteiger partial charge in [0.1, 0.15) is 18.2 Å². The normalized spacial score (nSPS) is 23.8. The molecule has 170 valence electrons. The Morgan fingerprint density at radius 2 is 1.71 bits per heavy atom. The van der Waals surface area contributed by atoms with Gasteiger partial charge in [0, 0.05) is 12.6 Å². The van der Waals surface area contributed by atoms with Crippen molar-refractivity contribution in [3.8, 4) is 0 Å². The predicted molar refractivity (Wildman–Crippen MR) is 116 cm³/mol. The van der Waals surface area contributed by atoms with Crippen LogP contribution in [0, 0.1) is 5.92 Å². The van der Waals surface area contributed by atoms with Crippen LogP contribution in [-0.2, 0) is 25.7 Å². The molecule has 31 heavy (non-hydrogen) atoms. The first kappa shape index (κ1) is 23.1. The largest absolute Gasteiger partial charge is 0.461 e. The lowest BCUT2D eigenvalue weighted by atomic mass is 9.86. The van der Waals surface area contributed by atoms with E-state index < -0.39 is 17.7 Å². The van der Waals surface area contributed by atoms with Crippen LogP contribution in [0.25, 0.3) is 0 Å². The summed E-state index contributed by atoms with van der Waals surface area (Å²) in [6, 6.07) is 9.18. The molecule has 1 saturated carbocycles. The SMILES string of the molecule is CC(C)(C)OC(=O)N1CCCC1C(=O)N[C@H]1CC[C@@H](C(=O)OCc2ccccc2)CC1. The summed E-state index contributed by atoms with van der Waals surface area (Å²) in [6.45, 7) is 6.28. The second-order valence-electron chi connectivity index (χ2n) is 9.48. The maximum atomic E-state index is 12.8. The Kier molecular flexibility index (Phi) is 7.57. The summed E-state index contributed by atoms with van der Waals surface area (Å²) < 4.78 is 10.9. The Hall–Kier alpha value is -2.57. The van der Waals surface area contributed by atoms with E-state index >= 15 is 0 Å². The molecule has 0 aromatic heterocycles. The first-order chi connectivity index (χ1) is 14.7. The topological polar surface area (TPSA) is 84.9 Å². The number of rotatable bonds is 5. The summed E-state index contributed by atoms with van der Waals surface area (Å²) >= 11 is 0. The molecule has 1 unspecified atom stereocenters. The van der Waals surface area contributed by atoms with E-state index in [2.05, 4.69) is 5.32 Å². The van der Waals surface area contributed by atoms with Gasteiger partial charge in [-0.3, -0.25) is 14.5 Å². The molecule has 2 amide bonds. The number of likely N-dealkylation sites (tertiary alicyclic amines) is 1. The van der Waals surface area contributed by atoms with Crippen molar-refractivity contribution in [1.29, 1.82) is 0 Å². The highest BCUT2D eigenvalue weighted by molar-refractivity contribution is 5.86. The number of esters is 1. The van der Waals surface area contributed by atoms with Crippen molar-refractivity contribution >= 4 is 18.0 Å². The Balaban J connectivity index is 1.43. The molecule has 2 aliphatic rings. The molecule has 1 atom stereocenters. The van der Waals surface area contributed by atoms with Crippen LogP contribution in [0.5, 0.6) is 0 Å². The molecule has 1 heterocycles. The quantitative estimate of drug-likeness (QED) is 0.718. The Bertz CT molecular complexity index is 766. The Morgan fingerprint density at radius 3 is 2.35 bits per heavy atom. The molecule has 1 aromatic carbocycles. The lowest BCUT2D eigenvalue weighted by Crippen LogP contribution is -2.50. The van der Waals surface area contributed by atoms with Crippen LogP contribution < -0.4 is 5.32 Å². The molecule has 1 aromatic rings. The molecule has 1 aliphatic carbocycles. The molecule has 2 fully saturated rings.